The molecule has 3 aromatic rings. The number of nitrogens with zero attached hydrogens (tertiary/aromatic N) is 2. The molecule has 2 heterocycles. The molecule has 21 heavy (non-hydrogen) atoms. The summed E-state index contributed by atoms with van der Waals surface area (Å²) in [5, 5.41) is 0.584. The second-order valence-corrected chi connectivity index (χ2v) is 5.44. The van der Waals surface area contributed by atoms with Crippen LogP contribution < -0.4 is 11.3 Å². The Bertz CT molecular complexity index is 877. The van der Waals surface area contributed by atoms with E-state index in [1.54, 1.807) is 25.1 Å². The number of aromatic amines is 1. The topological polar surface area (TPSA) is 107 Å². The van der Waals surface area contributed by atoms with Crippen LogP contribution in [-0.2, 0) is 0 Å². The van der Waals surface area contributed by atoms with Gasteiger partial charge in [0.25, 0.3) is 11.5 Å². The molecule has 3 rings (SSSR count). The molecular weight excluding hydrogens is 292 g/mol. The number of nitrogens with two attached hydrogens (primary N) is 1. The Morgan fingerprint density at radius 1 is 1.48 bits per heavy atom. The first kappa shape index (κ1) is 13.5. The van der Waals surface area contributed by atoms with Crippen molar-refractivity contribution < 1.29 is 9.32 Å². The highest BCUT2D eigenvalue weighted by atomic mass is 32.2. The lowest BCUT2D eigenvalue weighted by molar-refractivity contribution is 0.0813. The van der Waals surface area contributed by atoms with Gasteiger partial charge in [0.2, 0.25) is 0 Å². The first-order valence-corrected chi connectivity index (χ1v) is 7.13. The fourth-order valence-electron chi connectivity index (χ4n) is 1.88. The molecule has 0 unspecified atom stereocenters. The Morgan fingerprint density at radius 3 is 3.00 bits per heavy atom. The number of nitrogen functional groups attached to an aromatic ring is 1. The molecule has 2 aromatic heterocycles. The maximum Gasteiger partial charge on any atom is 0.290 e. The average Bonchev–Trinajstić information content (AvgIpc) is 2.98. The molecule has 1 aromatic carbocycles. The van der Waals surface area contributed by atoms with Crippen LogP contribution in [0.15, 0.2) is 38.7 Å². The number of nitrogens with one attached hydrogen (secondary N) is 1. The summed E-state index contributed by atoms with van der Waals surface area (Å²) in [6.07, 6.45) is 0. The van der Waals surface area contributed by atoms with Gasteiger partial charge in [0.1, 0.15) is 5.76 Å². The fraction of sp³-hybridized carbons (Fsp3) is 0.154. The third-order valence-corrected chi connectivity index (χ3v) is 3.66. The SMILES string of the molecule is Cc1cc(=O)n(C(=O)CSc2nc3ccc(N)cc3[nH]2)o1. The van der Waals surface area contributed by atoms with E-state index in [1.807, 2.05) is 0 Å². The number of H-pyrrole nitrogens is 1. The van der Waals surface area contributed by atoms with E-state index in [0.29, 0.717) is 16.6 Å². The normalized spacial score (nSPS) is 11.1. The van der Waals surface area contributed by atoms with Crippen LogP contribution >= 0.6 is 11.8 Å². The van der Waals surface area contributed by atoms with Crippen molar-refractivity contribution in [1.82, 2.24) is 14.7 Å². The van der Waals surface area contributed by atoms with Gasteiger partial charge in [0.15, 0.2) is 5.16 Å². The number of imidazole rings is 1. The summed E-state index contributed by atoms with van der Waals surface area (Å²) in [7, 11) is 0. The highest BCUT2D eigenvalue weighted by Crippen LogP contribution is 2.21. The maximum absolute atomic E-state index is 11.9. The van der Waals surface area contributed by atoms with Crippen LogP contribution in [0.1, 0.15) is 10.6 Å². The second kappa shape index (κ2) is 5.13. The average molecular weight is 304 g/mol. The van der Waals surface area contributed by atoms with Crippen molar-refractivity contribution in [3.05, 3.63) is 40.4 Å². The van der Waals surface area contributed by atoms with E-state index in [-0.39, 0.29) is 5.75 Å². The first-order valence-electron chi connectivity index (χ1n) is 6.14. The van der Waals surface area contributed by atoms with E-state index < -0.39 is 11.5 Å². The van der Waals surface area contributed by atoms with Crippen LogP contribution in [0, 0.1) is 6.92 Å². The lowest BCUT2D eigenvalue weighted by Gasteiger charge is -1.97. The van der Waals surface area contributed by atoms with Crippen LogP contribution in [0.3, 0.4) is 0 Å². The minimum absolute atomic E-state index is 0.0438. The zero-order chi connectivity index (χ0) is 15.0. The van der Waals surface area contributed by atoms with Gasteiger partial charge in [-0.2, -0.15) is 0 Å². The van der Waals surface area contributed by atoms with Crippen LogP contribution in [0.25, 0.3) is 11.0 Å². The monoisotopic (exact) mass is 304 g/mol. The minimum atomic E-state index is -0.463. The quantitative estimate of drug-likeness (QED) is 0.562. The number of carbonyl (C=O) groups excluding carboxylic acids is 1. The summed E-state index contributed by atoms with van der Waals surface area (Å²) in [5.74, 6) is 0.0120. The Balaban J connectivity index is 1.75. The lowest BCUT2D eigenvalue weighted by atomic mass is 10.3. The summed E-state index contributed by atoms with van der Waals surface area (Å²) in [6, 6.07) is 6.60. The lowest BCUT2D eigenvalue weighted by Crippen LogP contribution is -2.23. The van der Waals surface area contributed by atoms with Gasteiger partial charge >= 0.3 is 0 Å². The molecule has 108 valence electrons. The van der Waals surface area contributed by atoms with Gasteiger partial charge in [-0.15, -0.1) is 4.74 Å². The summed E-state index contributed by atoms with van der Waals surface area (Å²) >= 11 is 1.20. The molecule has 0 fully saturated rings. The molecule has 0 aliphatic heterocycles. The van der Waals surface area contributed by atoms with Crippen molar-refractivity contribution >= 4 is 34.4 Å². The number of thioether (sulfide) groups is 1. The van der Waals surface area contributed by atoms with Crippen molar-refractivity contribution in [2.45, 2.75) is 12.1 Å². The number of carbonyl (C=O) groups is 1. The third-order valence-electron chi connectivity index (χ3n) is 2.81. The molecule has 0 radical (unpaired) electrons. The van der Waals surface area contributed by atoms with Crippen molar-refractivity contribution in [2.75, 3.05) is 11.5 Å². The molecule has 0 aliphatic rings. The van der Waals surface area contributed by atoms with Gasteiger partial charge in [0, 0.05) is 11.8 Å². The molecular formula is C13H12N4O3S. The standard InChI is InChI=1S/C13H12N4O3S/c1-7-4-11(18)17(20-7)12(19)6-21-13-15-9-3-2-8(14)5-10(9)16-13/h2-5H,6,14H2,1H3,(H,15,16). The Morgan fingerprint density at radius 2 is 2.29 bits per heavy atom. The number of benzene rings is 1. The Kier molecular flexibility index (Phi) is 3.30. The van der Waals surface area contributed by atoms with Crippen molar-refractivity contribution in [1.29, 1.82) is 0 Å². The third kappa shape index (κ3) is 2.70. The van der Waals surface area contributed by atoms with Gasteiger partial charge in [-0.25, -0.2) is 4.98 Å². The number of aryl methyl sites for hydroxylation is 1. The summed E-state index contributed by atoms with van der Waals surface area (Å²) in [6.45, 7) is 1.61. The molecule has 0 aliphatic carbocycles. The second-order valence-electron chi connectivity index (χ2n) is 4.48. The van der Waals surface area contributed by atoms with E-state index in [9.17, 15) is 9.59 Å². The summed E-state index contributed by atoms with van der Waals surface area (Å²) < 4.78 is 5.79. The van der Waals surface area contributed by atoms with Crippen molar-refractivity contribution in [3.8, 4) is 0 Å². The van der Waals surface area contributed by atoms with Gasteiger partial charge in [-0.3, -0.25) is 9.59 Å². The van der Waals surface area contributed by atoms with Crippen LogP contribution in [0.5, 0.6) is 0 Å². The van der Waals surface area contributed by atoms with E-state index >= 15 is 0 Å². The molecule has 0 bridgehead atoms. The largest absolute Gasteiger partial charge is 0.399 e. The Hall–Kier alpha value is -2.48. The van der Waals surface area contributed by atoms with Crippen LogP contribution in [-0.4, -0.2) is 26.4 Å². The van der Waals surface area contributed by atoms with Crippen LogP contribution in [0.4, 0.5) is 5.69 Å². The number of rotatable bonds is 3. The number of hydrogen-bond acceptors (Lipinski definition) is 6. The smallest absolute Gasteiger partial charge is 0.290 e. The Labute approximate surface area is 123 Å². The zero-order valence-corrected chi connectivity index (χ0v) is 11.9. The van der Waals surface area contributed by atoms with E-state index in [0.717, 1.165) is 15.8 Å². The van der Waals surface area contributed by atoms with Gasteiger partial charge in [-0.1, -0.05) is 11.8 Å². The van der Waals surface area contributed by atoms with E-state index in [2.05, 4.69) is 9.97 Å². The maximum atomic E-state index is 11.9. The van der Waals surface area contributed by atoms with Gasteiger partial charge in [-0.05, 0) is 25.1 Å². The van der Waals surface area contributed by atoms with Crippen LogP contribution in [0.2, 0.25) is 0 Å². The van der Waals surface area contributed by atoms with E-state index in [1.165, 1.54) is 17.8 Å². The van der Waals surface area contributed by atoms with Gasteiger partial charge < -0.3 is 15.2 Å². The molecule has 0 amide bonds. The molecule has 8 heteroatoms. The number of anilines is 1. The predicted octanol–water partition coefficient (Wildman–Crippen LogP) is 1.64. The number of fused-ring (bicyclic) bond motifs is 1. The summed E-state index contributed by atoms with van der Waals surface area (Å²) in [5.41, 5.74) is 7.43. The van der Waals surface area contributed by atoms with Crippen molar-refractivity contribution in [3.63, 3.8) is 0 Å². The molecule has 0 saturated heterocycles. The fourth-order valence-corrected chi connectivity index (χ4v) is 2.61. The zero-order valence-electron chi connectivity index (χ0n) is 11.1. The predicted molar refractivity (Wildman–Crippen MR) is 79.6 cm³/mol. The molecule has 0 spiro atoms. The molecule has 7 nitrogen and oxygen atoms in total. The number of aromatic nitrogens is 3. The molecule has 0 atom stereocenters. The molecule has 3 N–H and O–H groups in total. The van der Waals surface area contributed by atoms with Gasteiger partial charge in [0.05, 0.1) is 16.8 Å². The minimum Gasteiger partial charge on any atom is -0.399 e. The highest BCUT2D eigenvalue weighted by molar-refractivity contribution is 7.99. The highest BCUT2D eigenvalue weighted by Gasteiger charge is 2.13. The molecule has 0 saturated carbocycles. The first-order chi connectivity index (χ1) is 10.0. The summed E-state index contributed by atoms with van der Waals surface area (Å²) in [4.78, 5) is 30.8. The van der Waals surface area contributed by atoms with E-state index in [4.69, 9.17) is 10.3 Å². The number of hydrogen-bond donors (Lipinski definition) is 2. The van der Waals surface area contributed by atoms with Crippen molar-refractivity contribution in [2.24, 2.45) is 0 Å².